The van der Waals surface area contributed by atoms with Gasteiger partial charge < -0.3 is 9.80 Å². The molecule has 31 heavy (non-hydrogen) atoms. The lowest BCUT2D eigenvalue weighted by Gasteiger charge is -2.40. The lowest BCUT2D eigenvalue weighted by molar-refractivity contribution is -0.142. The zero-order valence-corrected chi connectivity index (χ0v) is 18.0. The molecule has 4 rings (SSSR count). The number of amides is 2. The first-order chi connectivity index (χ1) is 15.0. The zero-order chi connectivity index (χ0) is 21.8. The maximum Gasteiger partial charge on any atom is 0.242 e. The molecule has 0 bridgehead atoms. The molecule has 1 aliphatic rings. The Hall–Kier alpha value is -3.47. The summed E-state index contributed by atoms with van der Waals surface area (Å²) in [6.07, 6.45) is 1.88. The van der Waals surface area contributed by atoms with Crippen molar-refractivity contribution in [2.75, 3.05) is 26.7 Å². The van der Waals surface area contributed by atoms with E-state index in [9.17, 15) is 9.59 Å². The van der Waals surface area contributed by atoms with Crippen LogP contribution in [0, 0.1) is 6.92 Å². The number of nitrogens with zero attached hydrogens (tertiary/aromatic N) is 3. The number of carbonyl (C=O) groups is 2. The highest BCUT2D eigenvalue weighted by atomic mass is 16.2. The summed E-state index contributed by atoms with van der Waals surface area (Å²) in [7, 11) is 1.67. The zero-order valence-electron chi connectivity index (χ0n) is 18.0. The van der Waals surface area contributed by atoms with Crippen LogP contribution in [0.15, 0.2) is 72.9 Å². The van der Waals surface area contributed by atoms with Crippen LogP contribution in [0.25, 0.3) is 11.1 Å². The Morgan fingerprint density at radius 2 is 1.71 bits per heavy atom. The first-order valence-electron chi connectivity index (χ1n) is 10.6. The molecule has 1 fully saturated rings. The van der Waals surface area contributed by atoms with E-state index in [2.05, 4.69) is 60.4 Å². The molecule has 0 unspecified atom stereocenters. The number of hydrogen-bond acceptors (Lipinski definition) is 3. The molecule has 1 aromatic heterocycles. The van der Waals surface area contributed by atoms with Crippen molar-refractivity contribution in [2.45, 2.75) is 19.3 Å². The number of aryl methyl sites for hydroxylation is 1. The van der Waals surface area contributed by atoms with Crippen LogP contribution < -0.4 is 0 Å². The summed E-state index contributed by atoms with van der Waals surface area (Å²) in [5, 5.41) is 0. The number of pyridine rings is 1. The fraction of sp³-hybridized carbons (Fsp3) is 0.269. The van der Waals surface area contributed by atoms with Crippen LogP contribution in [-0.4, -0.2) is 53.3 Å². The second-order valence-corrected chi connectivity index (χ2v) is 8.18. The van der Waals surface area contributed by atoms with Crippen LogP contribution in [-0.2, 0) is 16.0 Å². The van der Waals surface area contributed by atoms with Crippen LogP contribution >= 0.6 is 0 Å². The molecule has 2 amide bonds. The summed E-state index contributed by atoms with van der Waals surface area (Å²) in [6.45, 7) is 3.62. The van der Waals surface area contributed by atoms with Gasteiger partial charge in [-0.2, -0.15) is 0 Å². The number of rotatable bonds is 6. The largest absolute Gasteiger partial charge is 0.340 e. The molecule has 0 atom stereocenters. The minimum absolute atomic E-state index is 0.00958. The second-order valence-electron chi connectivity index (χ2n) is 8.18. The van der Waals surface area contributed by atoms with E-state index in [4.69, 9.17) is 0 Å². The van der Waals surface area contributed by atoms with E-state index >= 15 is 0 Å². The van der Waals surface area contributed by atoms with Gasteiger partial charge in [0, 0.05) is 37.9 Å². The predicted octanol–water partition coefficient (Wildman–Crippen LogP) is 3.68. The molecule has 1 aliphatic heterocycles. The monoisotopic (exact) mass is 413 g/mol. The summed E-state index contributed by atoms with van der Waals surface area (Å²) in [5.74, 6) is 0.241. The molecule has 1 saturated heterocycles. The van der Waals surface area contributed by atoms with E-state index in [0.717, 1.165) is 0 Å². The maximum atomic E-state index is 12.6. The minimum atomic E-state index is -0.101. The summed E-state index contributed by atoms with van der Waals surface area (Å²) in [5.41, 5.74) is 5.68. The Labute approximate surface area is 183 Å². The van der Waals surface area contributed by atoms with Crippen molar-refractivity contribution in [3.63, 3.8) is 0 Å². The van der Waals surface area contributed by atoms with Gasteiger partial charge in [0.25, 0.3) is 0 Å². The van der Waals surface area contributed by atoms with E-state index in [1.54, 1.807) is 13.2 Å². The van der Waals surface area contributed by atoms with E-state index < -0.39 is 0 Å². The quantitative estimate of drug-likeness (QED) is 0.619. The fourth-order valence-electron chi connectivity index (χ4n) is 3.91. The van der Waals surface area contributed by atoms with Gasteiger partial charge in [-0.25, -0.2) is 0 Å². The lowest BCUT2D eigenvalue weighted by atomic mass is 9.89. The molecular formula is C26H27N3O2. The Bertz CT molecular complexity index is 1060. The third-order valence-electron chi connectivity index (χ3n) is 5.93. The smallest absolute Gasteiger partial charge is 0.242 e. The van der Waals surface area contributed by atoms with Gasteiger partial charge in [-0.15, -0.1) is 0 Å². The van der Waals surface area contributed by atoms with E-state index in [1.165, 1.54) is 27.2 Å². The van der Waals surface area contributed by atoms with E-state index in [-0.39, 0.29) is 24.8 Å². The molecule has 3 aromatic rings. The third-order valence-corrected chi connectivity index (χ3v) is 5.93. The molecule has 0 saturated carbocycles. The van der Waals surface area contributed by atoms with Crippen LogP contribution in [0.1, 0.15) is 22.7 Å². The standard InChI is InChI=1S/C26H27N3O2/c1-19-7-3-4-9-24(19)21-12-10-20(11-13-21)22-16-29(17-22)26(31)18-28(2)25(30)15-23-8-5-6-14-27-23/h3-14,22H,15-18H2,1-2H3. The second kappa shape index (κ2) is 9.13. The van der Waals surface area contributed by atoms with Crippen molar-refractivity contribution in [3.05, 3.63) is 89.7 Å². The molecule has 0 aliphatic carbocycles. The first kappa shape index (κ1) is 20.8. The highest BCUT2D eigenvalue weighted by Crippen LogP contribution is 2.30. The highest BCUT2D eigenvalue weighted by molar-refractivity contribution is 5.86. The molecule has 0 radical (unpaired) electrons. The Morgan fingerprint density at radius 1 is 1.00 bits per heavy atom. The normalized spacial score (nSPS) is 13.5. The first-order valence-corrected chi connectivity index (χ1v) is 10.6. The molecule has 2 aromatic carbocycles. The number of carbonyl (C=O) groups excluding carboxylic acids is 2. The van der Waals surface area contributed by atoms with Gasteiger partial charge in [0.1, 0.15) is 0 Å². The summed E-state index contributed by atoms with van der Waals surface area (Å²) >= 11 is 0. The van der Waals surface area contributed by atoms with Gasteiger partial charge >= 0.3 is 0 Å². The van der Waals surface area contributed by atoms with Gasteiger partial charge in [-0.1, -0.05) is 54.6 Å². The molecule has 158 valence electrons. The fourth-order valence-corrected chi connectivity index (χ4v) is 3.91. The van der Waals surface area contributed by atoms with Crippen LogP contribution in [0.2, 0.25) is 0 Å². The number of aromatic nitrogens is 1. The lowest BCUT2D eigenvalue weighted by Crippen LogP contribution is -2.52. The topological polar surface area (TPSA) is 53.5 Å². The average molecular weight is 414 g/mol. The van der Waals surface area contributed by atoms with Gasteiger partial charge in [0.15, 0.2) is 0 Å². The molecule has 0 spiro atoms. The number of hydrogen-bond donors (Lipinski definition) is 0. The van der Waals surface area contributed by atoms with Crippen molar-refractivity contribution < 1.29 is 9.59 Å². The molecule has 5 nitrogen and oxygen atoms in total. The Morgan fingerprint density at radius 3 is 2.39 bits per heavy atom. The molecule has 2 heterocycles. The Balaban J connectivity index is 1.28. The third kappa shape index (κ3) is 4.82. The number of likely N-dealkylation sites (N-methyl/N-ethyl adjacent to an activating group) is 1. The average Bonchev–Trinajstić information content (AvgIpc) is 2.74. The molecular weight excluding hydrogens is 386 g/mol. The summed E-state index contributed by atoms with van der Waals surface area (Å²) in [6, 6.07) is 22.5. The van der Waals surface area contributed by atoms with Gasteiger partial charge in [0.2, 0.25) is 11.8 Å². The van der Waals surface area contributed by atoms with E-state index in [0.29, 0.717) is 24.7 Å². The van der Waals surface area contributed by atoms with Gasteiger partial charge in [-0.05, 0) is 41.3 Å². The summed E-state index contributed by atoms with van der Waals surface area (Å²) in [4.78, 5) is 32.4. The highest BCUT2D eigenvalue weighted by Gasteiger charge is 2.32. The van der Waals surface area contributed by atoms with Crippen molar-refractivity contribution in [3.8, 4) is 11.1 Å². The summed E-state index contributed by atoms with van der Waals surface area (Å²) < 4.78 is 0. The van der Waals surface area contributed by atoms with Crippen molar-refractivity contribution >= 4 is 11.8 Å². The number of benzene rings is 2. The van der Waals surface area contributed by atoms with Crippen molar-refractivity contribution in [1.29, 1.82) is 0 Å². The van der Waals surface area contributed by atoms with Crippen LogP contribution in [0.3, 0.4) is 0 Å². The van der Waals surface area contributed by atoms with E-state index in [1.807, 2.05) is 23.1 Å². The Kier molecular flexibility index (Phi) is 6.12. The minimum Gasteiger partial charge on any atom is -0.340 e. The molecule has 0 N–H and O–H groups in total. The predicted molar refractivity (Wildman–Crippen MR) is 122 cm³/mol. The SMILES string of the molecule is Cc1ccccc1-c1ccc(C2CN(C(=O)CN(C)C(=O)Cc3ccccn3)C2)cc1. The maximum absolute atomic E-state index is 12.6. The van der Waals surface area contributed by atoms with Crippen LogP contribution in [0.4, 0.5) is 0 Å². The van der Waals surface area contributed by atoms with Gasteiger partial charge in [-0.3, -0.25) is 14.6 Å². The van der Waals surface area contributed by atoms with Crippen LogP contribution in [0.5, 0.6) is 0 Å². The molecule has 5 heteroatoms. The van der Waals surface area contributed by atoms with Crippen molar-refractivity contribution in [1.82, 2.24) is 14.8 Å². The number of likely N-dealkylation sites (tertiary alicyclic amines) is 1. The van der Waals surface area contributed by atoms with Gasteiger partial charge in [0.05, 0.1) is 13.0 Å². The van der Waals surface area contributed by atoms with Crippen molar-refractivity contribution in [2.24, 2.45) is 0 Å².